The molecule has 0 saturated carbocycles. The lowest BCUT2D eigenvalue weighted by molar-refractivity contribution is 0.0710. The fraction of sp³-hybridized carbons (Fsp3) is 0.944. The Morgan fingerprint density at radius 1 is 1.17 bits per heavy atom. The van der Waals surface area contributed by atoms with E-state index in [1.807, 2.05) is 20.8 Å². The summed E-state index contributed by atoms with van der Waals surface area (Å²) in [6.07, 6.45) is 3.50. The Kier molecular flexibility index (Phi) is 23.5. The minimum absolute atomic E-state index is 0.380. The van der Waals surface area contributed by atoms with E-state index in [0.29, 0.717) is 38.5 Å². The summed E-state index contributed by atoms with van der Waals surface area (Å²) in [6, 6.07) is 1.07. The van der Waals surface area contributed by atoms with Gasteiger partial charge in [-0.25, -0.2) is 9.79 Å². The molecule has 29 heavy (non-hydrogen) atoms. The second-order valence-electron chi connectivity index (χ2n) is 6.37. The first kappa shape index (κ1) is 30.7. The lowest BCUT2D eigenvalue weighted by Crippen LogP contribution is -2.46. The van der Waals surface area contributed by atoms with Crippen molar-refractivity contribution in [1.29, 1.82) is 0 Å². The highest BCUT2D eigenvalue weighted by atomic mass is 28.4. The number of hydrogen-bond donors (Lipinski definition) is 2. The molecule has 2 atom stereocenters. The Morgan fingerprint density at radius 2 is 1.72 bits per heavy atom. The molecule has 0 bridgehead atoms. The van der Waals surface area contributed by atoms with Gasteiger partial charge in [0.25, 0.3) is 0 Å². The number of rotatable bonds is 13. The smallest absolute Gasteiger partial charge is 0.402 e. The fourth-order valence-electron chi connectivity index (χ4n) is 2.67. The van der Waals surface area contributed by atoms with Gasteiger partial charge < -0.3 is 33.2 Å². The topological polar surface area (TPSA) is 114 Å². The van der Waals surface area contributed by atoms with E-state index in [1.54, 1.807) is 14.2 Å². The van der Waals surface area contributed by atoms with Crippen molar-refractivity contribution >= 4 is 24.9 Å². The van der Waals surface area contributed by atoms with Crippen LogP contribution in [0.5, 0.6) is 0 Å². The van der Waals surface area contributed by atoms with E-state index in [-0.39, 0.29) is 0 Å². The number of hydrogen-bond acceptors (Lipinski definition) is 9. The quantitative estimate of drug-likeness (QED) is 0.184. The Morgan fingerprint density at radius 3 is 2.00 bits per heavy atom. The van der Waals surface area contributed by atoms with Crippen LogP contribution in [0.2, 0.25) is 6.04 Å². The minimum atomic E-state index is -2.54. The normalized spacial score (nSPS) is 16.7. The van der Waals surface area contributed by atoms with Gasteiger partial charge in [0.1, 0.15) is 0 Å². The highest BCUT2D eigenvalue weighted by Crippen LogP contribution is 2.18. The lowest BCUT2D eigenvalue weighted by Gasteiger charge is -2.28. The second-order valence-corrected chi connectivity index (χ2v) is 10.5. The largest absolute Gasteiger partial charge is 0.500 e. The SMILES string of the molecule is CC(N)C1CCNC1.CCO[Si](CCCN=C=O)(OCC)OCC.CO[SiH2]OC. The van der Waals surface area contributed by atoms with Crippen LogP contribution in [0.3, 0.4) is 0 Å². The fourth-order valence-corrected chi connectivity index (χ4v) is 5.49. The van der Waals surface area contributed by atoms with Crippen molar-refractivity contribution in [3.05, 3.63) is 0 Å². The van der Waals surface area contributed by atoms with Crippen LogP contribution in [-0.2, 0) is 26.9 Å². The molecule has 0 amide bonds. The average molecular weight is 454 g/mol. The van der Waals surface area contributed by atoms with E-state index < -0.39 is 18.8 Å². The first-order valence-electron chi connectivity index (χ1n) is 10.4. The molecule has 3 N–H and O–H groups in total. The van der Waals surface area contributed by atoms with Crippen molar-refractivity contribution in [2.24, 2.45) is 16.6 Å². The van der Waals surface area contributed by atoms with Gasteiger partial charge in [-0.3, -0.25) is 0 Å². The van der Waals surface area contributed by atoms with Crippen LogP contribution >= 0.6 is 0 Å². The van der Waals surface area contributed by atoms with Gasteiger partial charge in [-0.05, 0) is 59.5 Å². The molecule has 0 aromatic rings. The van der Waals surface area contributed by atoms with Crippen LogP contribution in [0, 0.1) is 5.92 Å². The van der Waals surface area contributed by atoms with E-state index in [2.05, 4.69) is 26.1 Å². The van der Waals surface area contributed by atoms with Crippen LogP contribution in [0.4, 0.5) is 0 Å². The highest BCUT2D eigenvalue weighted by molar-refractivity contribution is 6.60. The molecule has 1 rings (SSSR count). The van der Waals surface area contributed by atoms with Gasteiger partial charge in [-0.2, -0.15) is 0 Å². The van der Waals surface area contributed by atoms with E-state index in [9.17, 15) is 4.79 Å². The Labute approximate surface area is 180 Å². The van der Waals surface area contributed by atoms with Crippen molar-refractivity contribution in [3.63, 3.8) is 0 Å². The van der Waals surface area contributed by atoms with Gasteiger partial charge in [-0.1, -0.05) is 0 Å². The first-order valence-corrected chi connectivity index (χ1v) is 13.4. The standard InChI is InChI=1S/C10H21NO4Si.C6H14N2.C2H8O2Si/c1-4-13-16(14-5-2,15-6-3)9-7-8-11-10-12;1-5(7)6-2-3-8-4-6;1-3-5-4-2/h4-9H2,1-3H3;5-6,8H,2-4,7H2,1H3;5H2,1-2H3. The summed E-state index contributed by atoms with van der Waals surface area (Å²) in [6.45, 7) is 12.3. The molecular formula is C18H43N3O6Si2. The number of aliphatic imine (C=N–C) groups is 1. The highest BCUT2D eigenvalue weighted by Gasteiger charge is 2.39. The summed E-state index contributed by atoms with van der Waals surface area (Å²) in [5.74, 6) is 0.731. The van der Waals surface area contributed by atoms with E-state index >= 15 is 0 Å². The zero-order chi connectivity index (χ0) is 22.4. The van der Waals surface area contributed by atoms with Gasteiger partial charge in [0.15, 0.2) is 0 Å². The van der Waals surface area contributed by atoms with Gasteiger partial charge in [0, 0.05) is 46.1 Å². The number of isocyanates is 1. The zero-order valence-electron chi connectivity index (χ0n) is 19.2. The van der Waals surface area contributed by atoms with Crippen molar-refractivity contribution in [2.45, 2.75) is 52.6 Å². The maximum absolute atomic E-state index is 9.93. The third-order valence-corrected chi connectivity index (χ3v) is 7.61. The van der Waals surface area contributed by atoms with Gasteiger partial charge in [0.2, 0.25) is 6.08 Å². The number of carbonyl (C=O) groups excluding carboxylic acids is 1. The average Bonchev–Trinajstić information content (AvgIpc) is 3.23. The summed E-state index contributed by atoms with van der Waals surface area (Å²) >= 11 is 0. The van der Waals surface area contributed by atoms with E-state index in [4.69, 9.17) is 19.0 Å². The molecule has 2 unspecified atom stereocenters. The third-order valence-electron chi connectivity index (χ3n) is 3.99. The van der Waals surface area contributed by atoms with E-state index in [0.717, 1.165) is 25.4 Å². The predicted molar refractivity (Wildman–Crippen MR) is 120 cm³/mol. The molecule has 174 valence electrons. The van der Waals surface area contributed by atoms with Crippen molar-refractivity contribution in [2.75, 3.05) is 53.7 Å². The van der Waals surface area contributed by atoms with Gasteiger partial charge in [0.05, 0.1) is 6.54 Å². The molecule has 1 fully saturated rings. The maximum Gasteiger partial charge on any atom is 0.500 e. The predicted octanol–water partition coefficient (Wildman–Crippen LogP) is 0.982. The molecule has 1 aliphatic rings. The summed E-state index contributed by atoms with van der Waals surface area (Å²) in [5.41, 5.74) is 5.66. The van der Waals surface area contributed by atoms with E-state index in [1.165, 1.54) is 12.5 Å². The Hall–Kier alpha value is -0.466. The molecule has 0 aliphatic carbocycles. The second kappa shape index (κ2) is 22.2. The van der Waals surface area contributed by atoms with Crippen LogP contribution in [-0.4, -0.2) is 84.6 Å². The van der Waals surface area contributed by atoms with Crippen molar-refractivity contribution in [3.8, 4) is 0 Å². The Balaban J connectivity index is 0. The molecule has 0 aromatic carbocycles. The monoisotopic (exact) mass is 453 g/mol. The molecule has 11 heteroatoms. The third kappa shape index (κ3) is 18.1. The molecule has 0 spiro atoms. The summed E-state index contributed by atoms with van der Waals surface area (Å²) in [5, 5.41) is 3.27. The molecular weight excluding hydrogens is 410 g/mol. The summed E-state index contributed by atoms with van der Waals surface area (Å²) in [4.78, 5) is 13.4. The van der Waals surface area contributed by atoms with Gasteiger partial charge in [-0.15, -0.1) is 0 Å². The molecule has 1 saturated heterocycles. The van der Waals surface area contributed by atoms with Crippen LogP contribution in [0.1, 0.15) is 40.5 Å². The molecule has 1 heterocycles. The number of nitrogens with two attached hydrogens (primary N) is 1. The van der Waals surface area contributed by atoms with Crippen molar-refractivity contribution < 1.29 is 26.9 Å². The molecule has 9 nitrogen and oxygen atoms in total. The van der Waals surface area contributed by atoms with Crippen molar-refractivity contribution in [1.82, 2.24) is 5.32 Å². The first-order chi connectivity index (χ1) is 14.0. The Bertz CT molecular complexity index is 377. The molecule has 1 aliphatic heterocycles. The molecule has 0 radical (unpaired) electrons. The van der Waals surface area contributed by atoms with Crippen LogP contribution in [0.15, 0.2) is 4.99 Å². The minimum Gasteiger partial charge on any atom is -0.402 e. The maximum atomic E-state index is 9.93. The summed E-state index contributed by atoms with van der Waals surface area (Å²) in [7, 11) is 0.194. The number of nitrogens with zero attached hydrogens (tertiary/aromatic N) is 1. The van der Waals surface area contributed by atoms with Crippen LogP contribution in [0.25, 0.3) is 0 Å². The lowest BCUT2D eigenvalue weighted by atomic mass is 10.0. The molecule has 0 aromatic heterocycles. The van der Waals surface area contributed by atoms with Crippen LogP contribution < -0.4 is 11.1 Å². The van der Waals surface area contributed by atoms with Gasteiger partial charge >= 0.3 is 18.8 Å². The summed E-state index contributed by atoms with van der Waals surface area (Å²) < 4.78 is 26.1. The number of nitrogens with one attached hydrogen (secondary N) is 1. The zero-order valence-corrected chi connectivity index (χ0v) is 21.6.